The van der Waals surface area contributed by atoms with Crippen molar-refractivity contribution in [1.82, 2.24) is 9.55 Å². The lowest BCUT2D eigenvalue weighted by atomic mass is 10.2. The summed E-state index contributed by atoms with van der Waals surface area (Å²) in [5.74, 6) is -1.67. The highest BCUT2D eigenvalue weighted by Crippen LogP contribution is 2.31. The van der Waals surface area contributed by atoms with Crippen molar-refractivity contribution >= 4 is 22.6 Å². The molecular weight excluding hydrogens is 357 g/mol. The zero-order valence-electron chi connectivity index (χ0n) is 14.1. The number of aromatic nitrogens is 2. The zero-order chi connectivity index (χ0) is 19.4. The molecule has 1 aromatic heterocycles. The van der Waals surface area contributed by atoms with Crippen LogP contribution >= 0.6 is 0 Å². The van der Waals surface area contributed by atoms with Crippen LogP contribution in [0.4, 0.5) is 18.9 Å². The molecule has 0 spiro atoms. The normalized spacial score (nSPS) is 11.3. The Hall–Kier alpha value is -3.34. The molecule has 0 bridgehead atoms. The summed E-state index contributed by atoms with van der Waals surface area (Å²) in [6.45, 7) is -0.441. The number of rotatable bonds is 5. The summed E-state index contributed by atoms with van der Waals surface area (Å²) in [5.41, 5.74) is 0.920. The van der Waals surface area contributed by atoms with Crippen LogP contribution < -0.4 is 4.90 Å². The van der Waals surface area contributed by atoms with Crippen molar-refractivity contribution in [3.8, 4) is 6.07 Å². The van der Waals surface area contributed by atoms with E-state index in [0.29, 0.717) is 5.69 Å². The molecule has 0 unspecified atom stereocenters. The van der Waals surface area contributed by atoms with E-state index in [1.165, 1.54) is 17.0 Å². The van der Waals surface area contributed by atoms with Crippen molar-refractivity contribution in [2.24, 2.45) is 0 Å². The van der Waals surface area contributed by atoms with E-state index in [-0.39, 0.29) is 24.0 Å². The maximum absolute atomic E-state index is 13.4. The first-order chi connectivity index (χ1) is 12.9. The van der Waals surface area contributed by atoms with E-state index in [4.69, 9.17) is 5.26 Å². The number of halogens is 3. The number of nitrogens with zero attached hydrogens (tertiary/aromatic N) is 4. The molecule has 8 heteroatoms. The molecule has 0 aliphatic carbocycles. The van der Waals surface area contributed by atoms with Crippen LogP contribution in [0.5, 0.6) is 0 Å². The molecule has 0 radical (unpaired) electrons. The minimum atomic E-state index is -4.69. The van der Waals surface area contributed by atoms with Gasteiger partial charge in [0, 0.05) is 12.2 Å². The number of benzene rings is 2. The second-order valence-corrected chi connectivity index (χ2v) is 5.80. The highest BCUT2D eigenvalue weighted by Gasteiger charge is 2.38. The predicted octanol–water partition coefficient (Wildman–Crippen LogP) is 4.00. The second-order valence-electron chi connectivity index (χ2n) is 5.80. The first-order valence-electron chi connectivity index (χ1n) is 8.16. The highest BCUT2D eigenvalue weighted by atomic mass is 19.4. The summed E-state index contributed by atoms with van der Waals surface area (Å²) < 4.78 is 41.1. The van der Waals surface area contributed by atoms with E-state index in [2.05, 4.69) is 4.98 Å². The van der Waals surface area contributed by atoms with E-state index in [1.54, 1.807) is 42.5 Å². The Morgan fingerprint density at radius 2 is 1.78 bits per heavy atom. The number of carbonyl (C=O) groups excluding carboxylic acids is 1. The van der Waals surface area contributed by atoms with Crippen molar-refractivity contribution in [2.75, 3.05) is 11.4 Å². The van der Waals surface area contributed by atoms with Gasteiger partial charge in [0.1, 0.15) is 6.54 Å². The van der Waals surface area contributed by atoms with E-state index >= 15 is 0 Å². The Morgan fingerprint density at radius 3 is 2.44 bits per heavy atom. The summed E-state index contributed by atoms with van der Waals surface area (Å²) in [5, 5.41) is 8.84. The molecule has 0 saturated carbocycles. The number of hydrogen-bond acceptors (Lipinski definition) is 3. The fourth-order valence-electron chi connectivity index (χ4n) is 2.84. The van der Waals surface area contributed by atoms with Gasteiger partial charge in [-0.25, -0.2) is 4.98 Å². The van der Waals surface area contributed by atoms with Crippen molar-refractivity contribution < 1.29 is 18.0 Å². The van der Waals surface area contributed by atoms with Gasteiger partial charge in [-0.3, -0.25) is 4.79 Å². The number of carbonyl (C=O) groups is 1. The number of para-hydroxylation sites is 3. The number of fused-ring (bicyclic) bond motifs is 1. The van der Waals surface area contributed by atoms with Gasteiger partial charge in [0.2, 0.25) is 11.7 Å². The average molecular weight is 372 g/mol. The van der Waals surface area contributed by atoms with Crippen LogP contribution in [0, 0.1) is 11.3 Å². The van der Waals surface area contributed by atoms with Crippen LogP contribution in [0.3, 0.4) is 0 Å². The first kappa shape index (κ1) is 18.5. The van der Waals surface area contributed by atoms with E-state index in [0.717, 1.165) is 4.57 Å². The Balaban J connectivity index is 2.00. The van der Waals surface area contributed by atoms with Gasteiger partial charge in [-0.15, -0.1) is 0 Å². The quantitative estimate of drug-likeness (QED) is 0.680. The Morgan fingerprint density at radius 1 is 1.11 bits per heavy atom. The summed E-state index contributed by atoms with van der Waals surface area (Å²) in [4.78, 5) is 17.8. The maximum atomic E-state index is 13.4. The molecule has 3 rings (SSSR count). The number of imidazole rings is 1. The predicted molar refractivity (Wildman–Crippen MR) is 93.8 cm³/mol. The molecule has 27 heavy (non-hydrogen) atoms. The molecular formula is C19H15F3N4O. The van der Waals surface area contributed by atoms with Crippen LogP contribution in [0.15, 0.2) is 54.6 Å². The first-order valence-corrected chi connectivity index (χ1v) is 8.16. The van der Waals surface area contributed by atoms with Gasteiger partial charge in [-0.05, 0) is 24.3 Å². The molecule has 138 valence electrons. The largest absolute Gasteiger partial charge is 0.449 e. The standard InChI is InChI=1S/C19H15F3N4O/c20-19(21,22)18-24-15-9-4-5-10-16(15)26(18)13-17(27)25(12-6-11-23)14-7-2-1-3-8-14/h1-5,7-10H,6,12-13H2. The lowest BCUT2D eigenvalue weighted by molar-refractivity contribution is -0.147. The topological polar surface area (TPSA) is 61.9 Å². The zero-order valence-corrected chi connectivity index (χ0v) is 14.1. The summed E-state index contributed by atoms with van der Waals surface area (Å²) >= 11 is 0. The van der Waals surface area contributed by atoms with E-state index < -0.39 is 24.5 Å². The van der Waals surface area contributed by atoms with E-state index in [1.807, 2.05) is 6.07 Å². The van der Waals surface area contributed by atoms with Crippen molar-refractivity contribution in [1.29, 1.82) is 5.26 Å². The van der Waals surface area contributed by atoms with Crippen LogP contribution in [0.25, 0.3) is 11.0 Å². The summed E-state index contributed by atoms with van der Waals surface area (Å²) in [6.07, 6.45) is -4.62. The SMILES string of the molecule is N#CCCN(C(=O)Cn1c(C(F)(F)F)nc2ccccc21)c1ccccc1. The molecule has 1 amide bonds. The molecule has 0 saturated heterocycles. The number of hydrogen-bond donors (Lipinski definition) is 0. The minimum Gasteiger partial charge on any atom is -0.311 e. The third kappa shape index (κ3) is 3.92. The summed E-state index contributed by atoms with van der Waals surface area (Å²) in [7, 11) is 0. The van der Waals surface area contributed by atoms with Crippen LogP contribution in [0.1, 0.15) is 12.2 Å². The molecule has 3 aromatic rings. The average Bonchev–Trinajstić information content (AvgIpc) is 3.02. The molecule has 1 heterocycles. The van der Waals surface area contributed by atoms with Gasteiger partial charge < -0.3 is 9.47 Å². The summed E-state index contributed by atoms with van der Waals surface area (Å²) in [6, 6.07) is 16.6. The molecule has 0 aliphatic heterocycles. The maximum Gasteiger partial charge on any atom is 0.449 e. The van der Waals surface area contributed by atoms with Crippen LogP contribution in [0.2, 0.25) is 0 Å². The van der Waals surface area contributed by atoms with Crippen molar-refractivity contribution in [3.05, 3.63) is 60.4 Å². The fourth-order valence-corrected chi connectivity index (χ4v) is 2.84. The van der Waals surface area contributed by atoms with Crippen molar-refractivity contribution in [2.45, 2.75) is 19.1 Å². The molecule has 0 atom stereocenters. The molecule has 0 fully saturated rings. The number of anilines is 1. The lowest BCUT2D eigenvalue weighted by Gasteiger charge is -2.23. The van der Waals surface area contributed by atoms with Crippen molar-refractivity contribution in [3.63, 3.8) is 0 Å². The van der Waals surface area contributed by atoms with Crippen LogP contribution in [-0.2, 0) is 17.5 Å². The molecule has 0 aliphatic rings. The molecule has 0 N–H and O–H groups in total. The Labute approximate surface area is 153 Å². The Bertz CT molecular complexity index is 990. The van der Waals surface area contributed by atoms with Gasteiger partial charge in [0.05, 0.1) is 23.5 Å². The minimum absolute atomic E-state index is 0.0669. The fraction of sp³-hybridized carbons (Fsp3) is 0.211. The third-order valence-electron chi connectivity index (χ3n) is 4.02. The van der Waals surface area contributed by atoms with Crippen LogP contribution in [-0.4, -0.2) is 22.0 Å². The van der Waals surface area contributed by atoms with Gasteiger partial charge in [-0.1, -0.05) is 30.3 Å². The Kier molecular flexibility index (Phi) is 5.12. The molecule has 5 nitrogen and oxygen atoms in total. The smallest absolute Gasteiger partial charge is 0.311 e. The number of alkyl halides is 3. The number of amides is 1. The van der Waals surface area contributed by atoms with Gasteiger partial charge >= 0.3 is 6.18 Å². The third-order valence-corrected chi connectivity index (χ3v) is 4.02. The second kappa shape index (κ2) is 7.50. The van der Waals surface area contributed by atoms with Gasteiger partial charge in [0.15, 0.2) is 0 Å². The van der Waals surface area contributed by atoms with Gasteiger partial charge in [-0.2, -0.15) is 18.4 Å². The van der Waals surface area contributed by atoms with Gasteiger partial charge in [0.25, 0.3) is 0 Å². The molecule has 2 aromatic carbocycles. The lowest BCUT2D eigenvalue weighted by Crippen LogP contribution is -2.35. The van der Waals surface area contributed by atoms with E-state index in [9.17, 15) is 18.0 Å². The highest BCUT2D eigenvalue weighted by molar-refractivity contribution is 5.94. The monoisotopic (exact) mass is 372 g/mol. The number of nitriles is 1.